The largest absolute Gasteiger partial charge is 0.286 e. The molecule has 1 atom stereocenters. The molecule has 1 fully saturated rings. The summed E-state index contributed by atoms with van der Waals surface area (Å²) in [6.45, 7) is 2.88. The molecule has 88 valence electrons. The highest BCUT2D eigenvalue weighted by atomic mass is 79.9. The maximum absolute atomic E-state index is 11.8. The van der Waals surface area contributed by atoms with E-state index in [0.717, 1.165) is 34.9 Å². The quantitative estimate of drug-likeness (QED) is 0.801. The fraction of sp³-hybridized carbons (Fsp3) is 0.700. The number of aryl methyl sites for hydroxylation is 1. The topological polar surface area (TPSA) is 46.1 Å². The minimum absolute atomic E-state index is 0.170. The zero-order valence-electron chi connectivity index (χ0n) is 9.15. The summed E-state index contributed by atoms with van der Waals surface area (Å²) in [5.74, 6) is 0.578. The molecule has 0 aromatic carbocycles. The first-order valence-electron chi connectivity index (χ1n) is 5.43. The first kappa shape index (κ1) is 12.0. The van der Waals surface area contributed by atoms with Crippen LogP contribution in [0.4, 0.5) is 5.13 Å². The lowest BCUT2D eigenvalue weighted by Gasteiger charge is -2.10. The van der Waals surface area contributed by atoms with Gasteiger partial charge in [-0.25, -0.2) is 0 Å². The number of aromatic nitrogens is 2. The van der Waals surface area contributed by atoms with Crippen molar-refractivity contribution >= 4 is 38.3 Å². The van der Waals surface area contributed by atoms with E-state index in [0.29, 0.717) is 12.3 Å². The van der Waals surface area contributed by atoms with Crippen LogP contribution in [0.5, 0.6) is 0 Å². The molecule has 2 heterocycles. The molecule has 1 unspecified atom stereocenters. The molecule has 0 radical (unpaired) electrons. The predicted octanol–water partition coefficient (Wildman–Crippen LogP) is 2.24. The number of carbonyl (C=O) groups is 1. The Morgan fingerprint density at radius 3 is 3.00 bits per heavy atom. The summed E-state index contributed by atoms with van der Waals surface area (Å²) < 4.78 is 0. The Balaban J connectivity index is 2.09. The van der Waals surface area contributed by atoms with E-state index in [1.54, 1.807) is 4.90 Å². The van der Waals surface area contributed by atoms with Crippen LogP contribution in [0.2, 0.25) is 0 Å². The third-order valence-corrected chi connectivity index (χ3v) is 4.50. The maximum atomic E-state index is 11.8. The van der Waals surface area contributed by atoms with Crippen molar-refractivity contribution in [1.82, 2.24) is 10.2 Å². The van der Waals surface area contributed by atoms with Crippen molar-refractivity contribution in [3.63, 3.8) is 0 Å². The second-order valence-corrected chi connectivity index (χ2v) is 5.65. The van der Waals surface area contributed by atoms with Gasteiger partial charge in [0.15, 0.2) is 0 Å². The number of amides is 1. The highest BCUT2D eigenvalue weighted by Gasteiger charge is 2.31. The number of halogens is 1. The first-order valence-corrected chi connectivity index (χ1v) is 7.37. The van der Waals surface area contributed by atoms with Crippen molar-refractivity contribution in [1.29, 1.82) is 0 Å². The van der Waals surface area contributed by atoms with Gasteiger partial charge in [0, 0.05) is 24.7 Å². The van der Waals surface area contributed by atoms with Crippen LogP contribution in [-0.4, -0.2) is 28.0 Å². The number of anilines is 1. The van der Waals surface area contributed by atoms with Gasteiger partial charge in [0.05, 0.1) is 0 Å². The summed E-state index contributed by atoms with van der Waals surface area (Å²) in [4.78, 5) is 13.5. The van der Waals surface area contributed by atoms with E-state index in [1.165, 1.54) is 11.3 Å². The zero-order chi connectivity index (χ0) is 11.5. The molecule has 0 bridgehead atoms. The Labute approximate surface area is 107 Å². The van der Waals surface area contributed by atoms with Gasteiger partial charge in [-0.05, 0) is 12.3 Å². The molecule has 1 aromatic rings. The van der Waals surface area contributed by atoms with Crippen LogP contribution in [-0.2, 0) is 11.2 Å². The Morgan fingerprint density at radius 2 is 2.38 bits per heavy atom. The molecule has 0 aliphatic carbocycles. The molecule has 1 aliphatic heterocycles. The van der Waals surface area contributed by atoms with Gasteiger partial charge in [-0.1, -0.05) is 34.2 Å². The monoisotopic (exact) mass is 303 g/mol. The normalized spacial score (nSPS) is 20.8. The number of rotatable bonds is 4. The van der Waals surface area contributed by atoms with Gasteiger partial charge < -0.3 is 0 Å². The van der Waals surface area contributed by atoms with Crippen molar-refractivity contribution in [2.45, 2.75) is 26.2 Å². The van der Waals surface area contributed by atoms with Crippen molar-refractivity contribution in [2.24, 2.45) is 5.92 Å². The number of alkyl halides is 1. The van der Waals surface area contributed by atoms with Gasteiger partial charge in [-0.15, -0.1) is 10.2 Å². The van der Waals surface area contributed by atoms with Crippen LogP contribution in [0.15, 0.2) is 0 Å². The van der Waals surface area contributed by atoms with Crippen LogP contribution in [0.25, 0.3) is 0 Å². The van der Waals surface area contributed by atoms with E-state index in [2.05, 4.69) is 33.1 Å². The summed E-state index contributed by atoms with van der Waals surface area (Å²) >= 11 is 4.96. The lowest BCUT2D eigenvalue weighted by molar-refractivity contribution is -0.117. The number of carbonyl (C=O) groups excluding carboxylic acids is 1. The van der Waals surface area contributed by atoms with Crippen LogP contribution in [0.3, 0.4) is 0 Å². The molecule has 0 saturated carbocycles. The number of nitrogens with zero attached hydrogens (tertiary/aromatic N) is 3. The lowest BCUT2D eigenvalue weighted by atomic mass is 10.2. The van der Waals surface area contributed by atoms with Crippen molar-refractivity contribution in [3.8, 4) is 0 Å². The molecule has 4 nitrogen and oxygen atoms in total. The summed E-state index contributed by atoms with van der Waals surface area (Å²) in [7, 11) is 0. The minimum atomic E-state index is 0.170. The zero-order valence-corrected chi connectivity index (χ0v) is 11.6. The minimum Gasteiger partial charge on any atom is -0.286 e. The highest BCUT2D eigenvalue weighted by molar-refractivity contribution is 9.09. The van der Waals surface area contributed by atoms with Gasteiger partial charge in [-0.3, -0.25) is 9.69 Å². The third-order valence-electron chi connectivity index (χ3n) is 2.57. The summed E-state index contributed by atoms with van der Waals surface area (Å²) in [5.41, 5.74) is 0. The van der Waals surface area contributed by atoms with E-state index < -0.39 is 0 Å². The van der Waals surface area contributed by atoms with Gasteiger partial charge in [-0.2, -0.15) is 0 Å². The molecule has 1 aliphatic rings. The fourth-order valence-corrected chi connectivity index (χ4v) is 3.14. The molecule has 1 aromatic heterocycles. The Kier molecular flexibility index (Phi) is 3.91. The standard InChI is InChI=1S/C10H14BrN3OS/c1-2-3-8-12-13-10(16-8)14-6-7(5-11)4-9(14)15/h7H,2-6H2,1H3. The Hall–Kier alpha value is -0.490. The average molecular weight is 304 g/mol. The molecule has 0 spiro atoms. The fourth-order valence-electron chi connectivity index (χ4n) is 1.74. The SMILES string of the molecule is CCCc1nnc(N2CC(CBr)CC2=O)s1. The third kappa shape index (κ3) is 2.43. The van der Waals surface area contributed by atoms with E-state index >= 15 is 0 Å². The van der Waals surface area contributed by atoms with E-state index in [-0.39, 0.29) is 5.91 Å². The van der Waals surface area contributed by atoms with E-state index in [9.17, 15) is 4.79 Å². The van der Waals surface area contributed by atoms with Gasteiger partial charge in [0.1, 0.15) is 5.01 Å². The van der Waals surface area contributed by atoms with E-state index in [1.807, 2.05) is 0 Å². The maximum Gasteiger partial charge on any atom is 0.229 e. The lowest BCUT2D eigenvalue weighted by Crippen LogP contribution is -2.24. The smallest absolute Gasteiger partial charge is 0.229 e. The van der Waals surface area contributed by atoms with Gasteiger partial charge in [0.2, 0.25) is 11.0 Å². The second-order valence-electron chi connectivity index (χ2n) is 3.96. The highest BCUT2D eigenvalue weighted by Crippen LogP contribution is 2.28. The molecule has 1 saturated heterocycles. The summed E-state index contributed by atoms with van der Waals surface area (Å²) in [5, 5.41) is 10.8. The van der Waals surface area contributed by atoms with Crippen molar-refractivity contribution < 1.29 is 4.79 Å². The van der Waals surface area contributed by atoms with Gasteiger partial charge in [0.25, 0.3) is 0 Å². The number of hydrogen-bond acceptors (Lipinski definition) is 4. The summed E-state index contributed by atoms with van der Waals surface area (Å²) in [6.07, 6.45) is 2.63. The van der Waals surface area contributed by atoms with Crippen LogP contribution >= 0.6 is 27.3 Å². The molecular weight excluding hydrogens is 290 g/mol. The average Bonchev–Trinajstić information content (AvgIpc) is 2.85. The Morgan fingerprint density at radius 1 is 1.56 bits per heavy atom. The molecule has 1 amide bonds. The Bertz CT molecular complexity index is 382. The molecule has 16 heavy (non-hydrogen) atoms. The van der Waals surface area contributed by atoms with Crippen molar-refractivity contribution in [3.05, 3.63) is 5.01 Å². The summed E-state index contributed by atoms with van der Waals surface area (Å²) in [6, 6.07) is 0. The molecule has 6 heteroatoms. The molecular formula is C10H14BrN3OS. The van der Waals surface area contributed by atoms with Crippen LogP contribution < -0.4 is 4.90 Å². The van der Waals surface area contributed by atoms with Crippen LogP contribution in [0.1, 0.15) is 24.8 Å². The van der Waals surface area contributed by atoms with Crippen molar-refractivity contribution in [2.75, 3.05) is 16.8 Å². The van der Waals surface area contributed by atoms with Crippen LogP contribution in [0, 0.1) is 5.92 Å². The molecule has 2 rings (SSSR count). The first-order chi connectivity index (χ1) is 7.74. The molecule has 0 N–H and O–H groups in total. The number of hydrogen-bond donors (Lipinski definition) is 0. The second kappa shape index (κ2) is 5.23. The van der Waals surface area contributed by atoms with Gasteiger partial charge >= 0.3 is 0 Å². The predicted molar refractivity (Wildman–Crippen MR) is 68.2 cm³/mol. The van der Waals surface area contributed by atoms with E-state index in [4.69, 9.17) is 0 Å².